The topological polar surface area (TPSA) is 151 Å². The van der Waals surface area contributed by atoms with Crippen LogP contribution in [0.25, 0.3) is 5.69 Å². The van der Waals surface area contributed by atoms with Crippen molar-refractivity contribution in [2.45, 2.75) is 0 Å². The van der Waals surface area contributed by atoms with Gasteiger partial charge in [0, 0.05) is 31.9 Å². The van der Waals surface area contributed by atoms with Gasteiger partial charge in [-0.15, -0.1) is 0 Å². The van der Waals surface area contributed by atoms with E-state index in [2.05, 4.69) is 25.3 Å². The first-order chi connectivity index (χ1) is 15.0. The maximum absolute atomic E-state index is 11.9. The number of anilines is 1. The number of carbonyl (C=O) groups is 1. The second-order valence-corrected chi connectivity index (χ2v) is 6.94. The number of nitrogens with one attached hydrogen (secondary N) is 1. The van der Waals surface area contributed by atoms with Gasteiger partial charge in [0.15, 0.2) is 5.69 Å². The van der Waals surface area contributed by atoms with Gasteiger partial charge in [0.25, 0.3) is 5.91 Å². The van der Waals surface area contributed by atoms with Crippen molar-refractivity contribution < 1.29 is 4.79 Å². The molecule has 2 aromatic heterocycles. The van der Waals surface area contributed by atoms with Crippen LogP contribution in [0.2, 0.25) is 0 Å². The van der Waals surface area contributed by atoms with Gasteiger partial charge < -0.3 is 21.7 Å². The third-order valence-electron chi connectivity index (χ3n) is 4.89. The fourth-order valence-corrected chi connectivity index (χ4v) is 3.32. The molecule has 4 rings (SSSR count). The number of carbonyl (C=O) groups excluding carboxylic acids is 1. The Morgan fingerprint density at radius 1 is 1.10 bits per heavy atom. The van der Waals surface area contributed by atoms with Gasteiger partial charge >= 0.3 is 0 Å². The Morgan fingerprint density at radius 2 is 1.81 bits per heavy atom. The van der Waals surface area contributed by atoms with Crippen molar-refractivity contribution in [1.82, 2.24) is 20.1 Å². The number of piperazine rings is 1. The van der Waals surface area contributed by atoms with Gasteiger partial charge in [0.05, 0.1) is 11.9 Å². The van der Waals surface area contributed by atoms with Gasteiger partial charge in [-0.3, -0.25) is 4.79 Å². The summed E-state index contributed by atoms with van der Waals surface area (Å²) in [4.78, 5) is 22.6. The van der Waals surface area contributed by atoms with Crippen molar-refractivity contribution in [1.29, 1.82) is 5.26 Å². The van der Waals surface area contributed by atoms with E-state index < -0.39 is 5.91 Å². The van der Waals surface area contributed by atoms with Crippen molar-refractivity contribution in [3.05, 3.63) is 65.7 Å². The lowest BCUT2D eigenvalue weighted by atomic mass is 10.2. The smallest absolute Gasteiger partial charge is 0.271 e. The third kappa shape index (κ3) is 4.36. The molecule has 3 heterocycles. The standard InChI is InChI=1S/C21H21N9O/c22-12-14-2-1-3-17(26-14)20(23)27-18-13-30(28-19(18)21(24)31)16-6-4-15(5-7-16)29-10-8-25-9-11-29/h1-7,13,25H,8-11H2,(H2,23,27)(H2,24,31). The van der Waals surface area contributed by atoms with E-state index in [1.54, 1.807) is 24.4 Å². The van der Waals surface area contributed by atoms with E-state index in [1.807, 2.05) is 30.3 Å². The molecule has 0 atom stereocenters. The summed E-state index contributed by atoms with van der Waals surface area (Å²) in [7, 11) is 0. The maximum Gasteiger partial charge on any atom is 0.271 e. The summed E-state index contributed by atoms with van der Waals surface area (Å²) in [6, 6.07) is 14.7. The quantitative estimate of drug-likeness (QED) is 0.409. The molecule has 3 aromatic rings. The molecule has 0 saturated carbocycles. The van der Waals surface area contributed by atoms with E-state index in [-0.39, 0.29) is 22.9 Å². The number of rotatable bonds is 5. The lowest BCUT2D eigenvalue weighted by Gasteiger charge is -2.29. The van der Waals surface area contributed by atoms with E-state index in [4.69, 9.17) is 16.7 Å². The van der Waals surface area contributed by atoms with Gasteiger partial charge in [0.2, 0.25) is 0 Å². The van der Waals surface area contributed by atoms with Crippen LogP contribution in [-0.4, -0.2) is 52.7 Å². The number of nitrogens with two attached hydrogens (primary N) is 2. The van der Waals surface area contributed by atoms with Crippen molar-refractivity contribution in [3.8, 4) is 11.8 Å². The average Bonchev–Trinajstić information content (AvgIpc) is 3.24. The SMILES string of the molecule is N#Cc1cccc(C(N)=Nc2cn(-c3ccc(N4CCNCC4)cc3)nc2C(N)=O)n1. The number of pyridine rings is 1. The summed E-state index contributed by atoms with van der Waals surface area (Å²) in [6.45, 7) is 3.81. The molecule has 10 heteroatoms. The van der Waals surface area contributed by atoms with Crippen molar-refractivity contribution in [2.24, 2.45) is 16.5 Å². The predicted molar refractivity (Wildman–Crippen MR) is 117 cm³/mol. The zero-order chi connectivity index (χ0) is 21.8. The highest BCUT2D eigenvalue weighted by Gasteiger charge is 2.16. The largest absolute Gasteiger partial charge is 0.382 e. The number of aliphatic imine (C=N–C) groups is 1. The lowest BCUT2D eigenvalue weighted by Crippen LogP contribution is -2.43. The number of nitrogens with zero attached hydrogens (tertiary/aromatic N) is 6. The Bertz CT molecular complexity index is 1170. The number of amidine groups is 1. The number of primary amides is 1. The van der Waals surface area contributed by atoms with Crippen LogP contribution < -0.4 is 21.7 Å². The van der Waals surface area contributed by atoms with Gasteiger partial charge in [-0.2, -0.15) is 10.4 Å². The van der Waals surface area contributed by atoms with Crippen LogP contribution >= 0.6 is 0 Å². The number of aromatic nitrogens is 3. The number of hydrogen-bond acceptors (Lipinski definition) is 7. The summed E-state index contributed by atoms with van der Waals surface area (Å²) in [5.41, 5.74) is 14.2. The van der Waals surface area contributed by atoms with E-state index in [9.17, 15) is 4.79 Å². The summed E-state index contributed by atoms with van der Waals surface area (Å²) >= 11 is 0. The number of nitriles is 1. The van der Waals surface area contributed by atoms with Crippen LogP contribution in [-0.2, 0) is 0 Å². The minimum Gasteiger partial charge on any atom is -0.382 e. The van der Waals surface area contributed by atoms with E-state index in [1.165, 1.54) is 4.68 Å². The third-order valence-corrected chi connectivity index (χ3v) is 4.89. The van der Waals surface area contributed by atoms with Gasteiger partial charge in [-0.25, -0.2) is 14.7 Å². The molecule has 0 aliphatic carbocycles. The number of benzene rings is 1. The minimum atomic E-state index is -0.721. The molecule has 0 unspecified atom stereocenters. The van der Waals surface area contributed by atoms with Gasteiger partial charge in [-0.1, -0.05) is 6.07 Å². The van der Waals surface area contributed by atoms with E-state index >= 15 is 0 Å². The van der Waals surface area contributed by atoms with Crippen LogP contribution in [0.15, 0.2) is 53.7 Å². The van der Waals surface area contributed by atoms with E-state index in [0.29, 0.717) is 5.69 Å². The highest BCUT2D eigenvalue weighted by molar-refractivity contribution is 6.01. The average molecular weight is 415 g/mol. The van der Waals surface area contributed by atoms with Gasteiger partial charge in [0.1, 0.15) is 29.0 Å². The molecule has 1 fully saturated rings. The molecular weight excluding hydrogens is 394 g/mol. The first kappa shape index (κ1) is 20.1. The summed E-state index contributed by atoms with van der Waals surface area (Å²) in [5, 5.41) is 16.6. The number of amides is 1. The monoisotopic (exact) mass is 415 g/mol. The Labute approximate surface area is 178 Å². The molecule has 1 aliphatic rings. The van der Waals surface area contributed by atoms with Crippen molar-refractivity contribution in [2.75, 3.05) is 31.1 Å². The molecule has 1 aromatic carbocycles. The summed E-state index contributed by atoms with van der Waals surface area (Å²) in [5.74, 6) is -0.672. The molecular formula is C21H21N9O. The van der Waals surface area contributed by atoms with Crippen molar-refractivity contribution >= 4 is 23.1 Å². The lowest BCUT2D eigenvalue weighted by molar-refractivity contribution is 0.0996. The van der Waals surface area contributed by atoms with Gasteiger partial charge in [-0.05, 0) is 36.4 Å². The molecule has 5 N–H and O–H groups in total. The fraction of sp³-hybridized carbons (Fsp3) is 0.190. The van der Waals surface area contributed by atoms with Crippen LogP contribution in [0.1, 0.15) is 21.9 Å². The molecule has 10 nitrogen and oxygen atoms in total. The zero-order valence-electron chi connectivity index (χ0n) is 16.7. The van der Waals surface area contributed by atoms with Crippen LogP contribution in [0.4, 0.5) is 11.4 Å². The molecule has 31 heavy (non-hydrogen) atoms. The van der Waals surface area contributed by atoms with Crippen LogP contribution in [0.5, 0.6) is 0 Å². The molecule has 0 radical (unpaired) electrons. The molecule has 156 valence electrons. The molecule has 1 amide bonds. The normalized spacial score (nSPS) is 14.3. The molecule has 1 aliphatic heterocycles. The Kier molecular flexibility index (Phi) is 5.59. The Balaban J connectivity index is 1.64. The second kappa shape index (κ2) is 8.64. The Hall–Kier alpha value is -4.23. The predicted octanol–water partition coefficient (Wildman–Crippen LogP) is 0.684. The highest BCUT2D eigenvalue weighted by Crippen LogP contribution is 2.23. The molecule has 1 saturated heterocycles. The minimum absolute atomic E-state index is 0.00873. The molecule has 0 bridgehead atoms. The Morgan fingerprint density at radius 3 is 2.48 bits per heavy atom. The summed E-state index contributed by atoms with van der Waals surface area (Å²) in [6.07, 6.45) is 1.58. The van der Waals surface area contributed by atoms with Crippen molar-refractivity contribution in [3.63, 3.8) is 0 Å². The highest BCUT2D eigenvalue weighted by atomic mass is 16.1. The second-order valence-electron chi connectivity index (χ2n) is 6.94. The van der Waals surface area contributed by atoms with Crippen LogP contribution in [0.3, 0.4) is 0 Å². The van der Waals surface area contributed by atoms with E-state index in [0.717, 1.165) is 37.6 Å². The fourth-order valence-electron chi connectivity index (χ4n) is 3.32. The zero-order valence-corrected chi connectivity index (χ0v) is 16.7. The maximum atomic E-state index is 11.9. The molecule has 0 spiro atoms. The number of hydrogen-bond donors (Lipinski definition) is 3. The first-order valence-corrected chi connectivity index (χ1v) is 9.72. The summed E-state index contributed by atoms with van der Waals surface area (Å²) < 4.78 is 1.53. The first-order valence-electron chi connectivity index (χ1n) is 9.72. The van der Waals surface area contributed by atoms with Crippen LogP contribution in [0, 0.1) is 11.3 Å².